The molecule has 102 valence electrons. The van der Waals surface area contributed by atoms with Gasteiger partial charge in [0.25, 0.3) is 11.6 Å². The fourth-order valence-corrected chi connectivity index (χ4v) is 1.34. The minimum atomic E-state index is -1.08. The molecule has 0 aliphatic heterocycles. The lowest BCUT2D eigenvalue weighted by atomic mass is 10.1. The maximum atomic E-state index is 11.8. The Morgan fingerprint density at radius 2 is 2.26 bits per heavy atom. The Kier molecular flexibility index (Phi) is 4.76. The van der Waals surface area contributed by atoms with Gasteiger partial charge in [0.15, 0.2) is 0 Å². The largest absolute Gasteiger partial charge is 0.481 e. The highest BCUT2D eigenvalue weighted by atomic mass is 35.5. The number of nitrogens with one attached hydrogen (secondary N) is 1. The third-order valence-electron chi connectivity index (χ3n) is 2.28. The summed E-state index contributed by atoms with van der Waals surface area (Å²) in [4.78, 5) is 35.8. The second-order valence-electron chi connectivity index (χ2n) is 3.73. The molecule has 1 atom stereocenters. The van der Waals surface area contributed by atoms with Gasteiger partial charge in [-0.25, -0.2) is 4.98 Å². The van der Waals surface area contributed by atoms with Crippen LogP contribution in [0.2, 0.25) is 5.15 Å². The van der Waals surface area contributed by atoms with Crippen LogP contribution in [-0.2, 0) is 4.79 Å². The molecule has 1 unspecified atom stereocenters. The predicted molar refractivity (Wildman–Crippen MR) is 65.0 cm³/mol. The first-order valence-electron chi connectivity index (χ1n) is 5.14. The van der Waals surface area contributed by atoms with Crippen LogP contribution in [0.4, 0.5) is 5.69 Å². The third-order valence-corrected chi connectivity index (χ3v) is 2.49. The fourth-order valence-electron chi connectivity index (χ4n) is 1.18. The summed E-state index contributed by atoms with van der Waals surface area (Å²) in [6.45, 7) is 1.25. The quantitative estimate of drug-likeness (QED) is 0.475. The molecule has 1 heterocycles. The Morgan fingerprint density at radius 3 is 2.79 bits per heavy atom. The molecule has 1 rings (SSSR count). The second kappa shape index (κ2) is 6.10. The van der Waals surface area contributed by atoms with Crippen LogP contribution in [0.1, 0.15) is 17.3 Å². The van der Waals surface area contributed by atoms with Crippen molar-refractivity contribution >= 4 is 29.2 Å². The van der Waals surface area contributed by atoms with Crippen molar-refractivity contribution < 1.29 is 19.6 Å². The number of carboxylic acids is 1. The number of nitrogens with zero attached hydrogens (tertiary/aromatic N) is 2. The van der Waals surface area contributed by atoms with Gasteiger partial charge in [0, 0.05) is 6.54 Å². The van der Waals surface area contributed by atoms with Gasteiger partial charge in [0.05, 0.1) is 10.8 Å². The third kappa shape index (κ3) is 3.88. The number of halogens is 1. The molecule has 1 aromatic heterocycles. The van der Waals surface area contributed by atoms with E-state index in [-0.39, 0.29) is 17.3 Å². The number of aliphatic carboxylic acids is 1. The maximum absolute atomic E-state index is 11.8. The number of pyridine rings is 1. The van der Waals surface area contributed by atoms with E-state index < -0.39 is 28.4 Å². The molecule has 1 aromatic rings. The zero-order chi connectivity index (χ0) is 14.6. The summed E-state index contributed by atoms with van der Waals surface area (Å²) >= 11 is 5.57. The number of nitro groups is 1. The highest BCUT2D eigenvalue weighted by molar-refractivity contribution is 6.29. The molecule has 0 aliphatic carbocycles. The molecule has 19 heavy (non-hydrogen) atoms. The number of carboxylic acid groups (broad SMARTS) is 1. The van der Waals surface area contributed by atoms with Gasteiger partial charge in [-0.2, -0.15) is 0 Å². The van der Waals surface area contributed by atoms with Crippen LogP contribution in [0.5, 0.6) is 0 Å². The van der Waals surface area contributed by atoms with Crippen molar-refractivity contribution in [1.82, 2.24) is 10.3 Å². The molecule has 9 heteroatoms. The van der Waals surface area contributed by atoms with Gasteiger partial charge >= 0.3 is 5.97 Å². The van der Waals surface area contributed by atoms with Crippen LogP contribution in [0.3, 0.4) is 0 Å². The van der Waals surface area contributed by atoms with Crippen LogP contribution in [0.15, 0.2) is 12.3 Å². The van der Waals surface area contributed by atoms with E-state index in [1.807, 2.05) is 0 Å². The standard InChI is InChI=1S/C10H10ClN3O5/c1-5(10(16)17)3-13-9(15)6-2-8(11)12-4-7(6)14(18)19/h2,4-5H,3H2,1H3,(H,13,15)(H,16,17). The SMILES string of the molecule is CC(CNC(=O)c1cc(Cl)ncc1[N+](=O)[O-])C(=O)O. The molecule has 0 saturated heterocycles. The Balaban J connectivity index is 2.90. The lowest BCUT2D eigenvalue weighted by molar-refractivity contribution is -0.385. The number of hydrogen-bond acceptors (Lipinski definition) is 5. The van der Waals surface area contributed by atoms with E-state index in [0.29, 0.717) is 0 Å². The number of carbonyl (C=O) groups is 2. The summed E-state index contributed by atoms with van der Waals surface area (Å²) < 4.78 is 0. The van der Waals surface area contributed by atoms with Crippen LogP contribution >= 0.6 is 11.6 Å². The lowest BCUT2D eigenvalue weighted by Gasteiger charge is -2.08. The highest BCUT2D eigenvalue weighted by Crippen LogP contribution is 2.20. The zero-order valence-electron chi connectivity index (χ0n) is 9.79. The number of hydrogen-bond donors (Lipinski definition) is 2. The van der Waals surface area contributed by atoms with Crippen molar-refractivity contribution in [3.63, 3.8) is 0 Å². The molecule has 0 bridgehead atoms. The molecule has 1 amide bonds. The van der Waals surface area contributed by atoms with Gasteiger partial charge < -0.3 is 10.4 Å². The Hall–Kier alpha value is -2.22. The van der Waals surface area contributed by atoms with Crippen LogP contribution in [0.25, 0.3) is 0 Å². The molecular weight excluding hydrogens is 278 g/mol. The summed E-state index contributed by atoms with van der Waals surface area (Å²) in [5.74, 6) is -2.66. The maximum Gasteiger partial charge on any atom is 0.308 e. The van der Waals surface area contributed by atoms with Crippen LogP contribution in [0, 0.1) is 16.0 Å². The topological polar surface area (TPSA) is 122 Å². The number of amides is 1. The van der Waals surface area contributed by atoms with Crippen molar-refractivity contribution in [3.8, 4) is 0 Å². The molecule has 0 spiro atoms. The first-order valence-corrected chi connectivity index (χ1v) is 5.51. The molecule has 0 aliphatic rings. The number of rotatable bonds is 5. The van der Waals surface area contributed by atoms with E-state index in [2.05, 4.69) is 10.3 Å². The van der Waals surface area contributed by atoms with Gasteiger partial charge in [-0.05, 0) is 6.07 Å². The highest BCUT2D eigenvalue weighted by Gasteiger charge is 2.22. The first-order chi connectivity index (χ1) is 8.82. The monoisotopic (exact) mass is 287 g/mol. The summed E-state index contributed by atoms with van der Waals surface area (Å²) in [5.41, 5.74) is -0.757. The Morgan fingerprint density at radius 1 is 1.63 bits per heavy atom. The second-order valence-corrected chi connectivity index (χ2v) is 4.12. The molecular formula is C10H10ClN3O5. The van der Waals surface area contributed by atoms with Crippen LogP contribution < -0.4 is 5.32 Å². The Bertz CT molecular complexity index is 534. The molecule has 0 saturated carbocycles. The summed E-state index contributed by atoms with van der Waals surface area (Å²) in [5, 5.41) is 21.6. The minimum absolute atomic E-state index is 0.0676. The van der Waals surface area contributed by atoms with Gasteiger partial charge in [0.2, 0.25) is 0 Å². The van der Waals surface area contributed by atoms with E-state index in [0.717, 1.165) is 12.3 Å². The lowest BCUT2D eigenvalue weighted by Crippen LogP contribution is -2.31. The average Bonchev–Trinajstić information content (AvgIpc) is 2.34. The normalized spacial score (nSPS) is 11.7. The van der Waals surface area contributed by atoms with Gasteiger partial charge in [0.1, 0.15) is 16.9 Å². The van der Waals surface area contributed by atoms with Crippen LogP contribution in [-0.4, -0.2) is 33.4 Å². The van der Waals surface area contributed by atoms with E-state index in [1.54, 1.807) is 0 Å². The molecule has 0 fully saturated rings. The summed E-state index contributed by atoms with van der Waals surface area (Å²) in [6, 6.07) is 1.06. The minimum Gasteiger partial charge on any atom is -0.481 e. The molecule has 0 radical (unpaired) electrons. The molecule has 0 aromatic carbocycles. The van der Waals surface area contributed by atoms with Crippen molar-refractivity contribution in [2.24, 2.45) is 5.92 Å². The predicted octanol–water partition coefficient (Wildman–Crippen LogP) is 1.09. The van der Waals surface area contributed by atoms with Crippen molar-refractivity contribution in [2.45, 2.75) is 6.92 Å². The molecule has 2 N–H and O–H groups in total. The van der Waals surface area contributed by atoms with Crippen molar-refractivity contribution in [2.75, 3.05) is 6.54 Å². The van der Waals surface area contributed by atoms with E-state index in [1.165, 1.54) is 6.92 Å². The van der Waals surface area contributed by atoms with Gasteiger partial charge in [-0.15, -0.1) is 0 Å². The van der Waals surface area contributed by atoms with E-state index >= 15 is 0 Å². The van der Waals surface area contributed by atoms with Gasteiger partial charge in [-0.3, -0.25) is 19.7 Å². The molecule has 8 nitrogen and oxygen atoms in total. The van der Waals surface area contributed by atoms with E-state index in [9.17, 15) is 19.7 Å². The summed E-state index contributed by atoms with van der Waals surface area (Å²) in [7, 11) is 0. The number of carbonyl (C=O) groups excluding carboxylic acids is 1. The average molecular weight is 288 g/mol. The number of aromatic nitrogens is 1. The van der Waals surface area contributed by atoms with E-state index in [4.69, 9.17) is 16.7 Å². The van der Waals surface area contributed by atoms with Crippen molar-refractivity contribution in [3.05, 3.63) is 33.1 Å². The van der Waals surface area contributed by atoms with Crippen molar-refractivity contribution in [1.29, 1.82) is 0 Å². The first kappa shape index (κ1) is 14.8. The smallest absolute Gasteiger partial charge is 0.308 e. The fraction of sp³-hybridized carbons (Fsp3) is 0.300. The summed E-state index contributed by atoms with van der Waals surface area (Å²) in [6.07, 6.45) is 0.873. The Labute approximate surface area is 112 Å². The zero-order valence-corrected chi connectivity index (χ0v) is 10.5. The van der Waals surface area contributed by atoms with Gasteiger partial charge in [-0.1, -0.05) is 18.5 Å².